The monoisotopic (exact) mass is 300 g/mol. The third-order valence-corrected chi connectivity index (χ3v) is 3.12. The van der Waals surface area contributed by atoms with Crippen LogP contribution in [0, 0.1) is 25.2 Å². The molecule has 0 saturated heterocycles. The Morgan fingerprint density at radius 3 is 2.59 bits per heavy atom. The zero-order chi connectivity index (χ0) is 16.1. The third kappa shape index (κ3) is 3.64. The number of rotatable bonds is 5. The van der Waals surface area contributed by atoms with Gasteiger partial charge in [-0.2, -0.15) is 5.26 Å². The van der Waals surface area contributed by atoms with E-state index in [0.29, 0.717) is 17.9 Å². The van der Waals surface area contributed by atoms with Crippen LogP contribution in [0.25, 0.3) is 0 Å². The number of carbonyl (C=O) groups excluding carboxylic acids is 1. The first-order chi connectivity index (χ1) is 10.5. The summed E-state index contributed by atoms with van der Waals surface area (Å²) in [6.07, 6.45) is -0.775. The van der Waals surface area contributed by atoms with Crippen molar-refractivity contribution in [1.82, 2.24) is 5.16 Å². The number of nitriles is 1. The predicted molar refractivity (Wildman–Crippen MR) is 77.2 cm³/mol. The predicted octanol–water partition coefficient (Wildman–Crippen LogP) is 2.94. The SMILES string of the molecule is Cc1noc(C)c1COc1ccc(C(=O)O[C@@H](C)C#N)cc1. The van der Waals surface area contributed by atoms with Crippen molar-refractivity contribution in [3.8, 4) is 11.8 Å². The minimum absolute atomic E-state index is 0.344. The van der Waals surface area contributed by atoms with Crippen molar-refractivity contribution in [2.24, 2.45) is 0 Å². The Hall–Kier alpha value is -2.81. The van der Waals surface area contributed by atoms with E-state index in [2.05, 4.69) is 5.16 Å². The molecule has 1 atom stereocenters. The molecule has 0 bridgehead atoms. The molecule has 0 saturated carbocycles. The molecule has 6 nitrogen and oxygen atoms in total. The first-order valence-corrected chi connectivity index (χ1v) is 6.76. The van der Waals surface area contributed by atoms with Gasteiger partial charge in [-0.25, -0.2) is 4.79 Å². The molecule has 114 valence electrons. The highest BCUT2D eigenvalue weighted by molar-refractivity contribution is 5.89. The second-order valence-electron chi connectivity index (χ2n) is 4.79. The minimum Gasteiger partial charge on any atom is -0.489 e. The second kappa shape index (κ2) is 6.76. The Kier molecular flexibility index (Phi) is 4.79. The average Bonchev–Trinajstić information content (AvgIpc) is 2.84. The number of aryl methyl sites for hydroxylation is 2. The van der Waals surface area contributed by atoms with Crippen molar-refractivity contribution in [2.45, 2.75) is 33.5 Å². The van der Waals surface area contributed by atoms with E-state index in [1.54, 1.807) is 24.3 Å². The maximum atomic E-state index is 11.7. The Morgan fingerprint density at radius 1 is 1.36 bits per heavy atom. The van der Waals surface area contributed by atoms with Crippen molar-refractivity contribution in [3.63, 3.8) is 0 Å². The van der Waals surface area contributed by atoms with Gasteiger partial charge in [-0.15, -0.1) is 0 Å². The number of carbonyl (C=O) groups is 1. The first kappa shape index (κ1) is 15.6. The van der Waals surface area contributed by atoms with Gasteiger partial charge in [0.15, 0.2) is 6.10 Å². The summed E-state index contributed by atoms with van der Waals surface area (Å²) in [6, 6.07) is 8.37. The van der Waals surface area contributed by atoms with Crippen LogP contribution in [-0.4, -0.2) is 17.2 Å². The van der Waals surface area contributed by atoms with Gasteiger partial charge in [-0.3, -0.25) is 0 Å². The topological polar surface area (TPSA) is 85.3 Å². The first-order valence-electron chi connectivity index (χ1n) is 6.76. The largest absolute Gasteiger partial charge is 0.489 e. The lowest BCUT2D eigenvalue weighted by molar-refractivity contribution is 0.0435. The molecule has 6 heteroatoms. The van der Waals surface area contributed by atoms with Crippen molar-refractivity contribution >= 4 is 5.97 Å². The number of esters is 1. The van der Waals surface area contributed by atoms with Crippen LogP contribution in [0.5, 0.6) is 5.75 Å². The lowest BCUT2D eigenvalue weighted by Gasteiger charge is -2.08. The van der Waals surface area contributed by atoms with E-state index >= 15 is 0 Å². The van der Waals surface area contributed by atoms with Crippen molar-refractivity contribution < 1.29 is 18.8 Å². The lowest BCUT2D eigenvalue weighted by atomic mass is 10.2. The van der Waals surface area contributed by atoms with Gasteiger partial charge in [0.1, 0.15) is 24.2 Å². The summed E-state index contributed by atoms with van der Waals surface area (Å²) in [4.78, 5) is 11.7. The summed E-state index contributed by atoms with van der Waals surface area (Å²) < 4.78 is 15.6. The minimum atomic E-state index is -0.775. The molecule has 1 heterocycles. The van der Waals surface area contributed by atoms with E-state index in [4.69, 9.17) is 19.3 Å². The zero-order valence-corrected chi connectivity index (χ0v) is 12.6. The van der Waals surface area contributed by atoms with Gasteiger partial charge in [-0.1, -0.05) is 5.16 Å². The Bertz CT molecular complexity index is 678. The maximum Gasteiger partial charge on any atom is 0.339 e. The summed E-state index contributed by atoms with van der Waals surface area (Å²) in [5.41, 5.74) is 2.07. The van der Waals surface area contributed by atoms with Crippen LogP contribution < -0.4 is 4.74 Å². The summed E-state index contributed by atoms with van der Waals surface area (Å²) in [6.45, 7) is 5.54. The average molecular weight is 300 g/mol. The standard InChI is InChI=1S/C16H16N2O4/c1-10(8-17)21-16(19)13-4-6-14(7-5-13)20-9-15-11(2)18-22-12(15)3/h4-7,10H,9H2,1-3H3/t10-/m0/s1. The molecule has 1 aromatic carbocycles. The van der Waals surface area contributed by atoms with Crippen LogP contribution >= 0.6 is 0 Å². The summed E-state index contributed by atoms with van der Waals surface area (Å²) >= 11 is 0. The maximum absolute atomic E-state index is 11.7. The van der Waals surface area contributed by atoms with Gasteiger partial charge in [0.05, 0.1) is 16.8 Å². The molecular formula is C16H16N2O4. The number of nitrogens with zero attached hydrogens (tertiary/aromatic N) is 2. The fourth-order valence-electron chi connectivity index (χ4n) is 1.81. The molecule has 0 aliphatic rings. The molecule has 0 spiro atoms. The van der Waals surface area contributed by atoms with Gasteiger partial charge >= 0.3 is 5.97 Å². The van der Waals surface area contributed by atoms with Gasteiger partial charge < -0.3 is 14.0 Å². The van der Waals surface area contributed by atoms with Crippen LogP contribution in [0.2, 0.25) is 0 Å². The molecule has 0 aliphatic carbocycles. The molecule has 0 N–H and O–H groups in total. The fourth-order valence-corrected chi connectivity index (χ4v) is 1.81. The van der Waals surface area contributed by atoms with E-state index in [0.717, 1.165) is 17.0 Å². The molecule has 2 aromatic rings. The number of aromatic nitrogens is 1. The number of hydrogen-bond donors (Lipinski definition) is 0. The van der Waals surface area contributed by atoms with Gasteiger partial charge in [0.25, 0.3) is 0 Å². The molecule has 0 amide bonds. The van der Waals surface area contributed by atoms with Gasteiger partial charge in [0.2, 0.25) is 0 Å². The Balaban J connectivity index is 1.98. The van der Waals surface area contributed by atoms with E-state index in [1.165, 1.54) is 6.92 Å². The normalized spacial score (nSPS) is 11.5. The van der Waals surface area contributed by atoms with Crippen LogP contribution in [0.1, 0.15) is 34.3 Å². The molecular weight excluding hydrogens is 284 g/mol. The van der Waals surface area contributed by atoms with E-state index in [-0.39, 0.29) is 0 Å². The van der Waals surface area contributed by atoms with Crippen LogP contribution in [0.15, 0.2) is 28.8 Å². The molecule has 0 radical (unpaired) electrons. The molecule has 22 heavy (non-hydrogen) atoms. The number of ether oxygens (including phenoxy) is 2. The Morgan fingerprint density at radius 2 is 2.05 bits per heavy atom. The third-order valence-electron chi connectivity index (χ3n) is 3.12. The smallest absolute Gasteiger partial charge is 0.339 e. The van der Waals surface area contributed by atoms with Crippen molar-refractivity contribution in [1.29, 1.82) is 5.26 Å². The highest BCUT2D eigenvalue weighted by atomic mass is 16.5. The molecule has 0 unspecified atom stereocenters. The summed E-state index contributed by atoms with van der Waals surface area (Å²) in [7, 11) is 0. The van der Waals surface area contributed by atoms with Gasteiger partial charge in [-0.05, 0) is 45.0 Å². The Labute approximate surface area is 128 Å². The van der Waals surface area contributed by atoms with Gasteiger partial charge in [0, 0.05) is 0 Å². The number of hydrogen-bond acceptors (Lipinski definition) is 6. The van der Waals surface area contributed by atoms with Crippen LogP contribution in [0.3, 0.4) is 0 Å². The highest BCUT2D eigenvalue weighted by Gasteiger charge is 2.12. The number of benzene rings is 1. The summed E-state index contributed by atoms with van der Waals surface area (Å²) in [5.74, 6) is 0.805. The highest BCUT2D eigenvalue weighted by Crippen LogP contribution is 2.18. The fraction of sp³-hybridized carbons (Fsp3) is 0.312. The molecule has 0 fully saturated rings. The quantitative estimate of drug-likeness (QED) is 0.789. The van der Waals surface area contributed by atoms with Crippen LogP contribution in [-0.2, 0) is 11.3 Å². The van der Waals surface area contributed by atoms with E-state index in [9.17, 15) is 4.79 Å². The van der Waals surface area contributed by atoms with E-state index < -0.39 is 12.1 Å². The van der Waals surface area contributed by atoms with Crippen molar-refractivity contribution in [2.75, 3.05) is 0 Å². The molecule has 0 aliphatic heterocycles. The summed E-state index contributed by atoms with van der Waals surface area (Å²) in [5, 5.41) is 12.5. The van der Waals surface area contributed by atoms with Crippen LogP contribution in [0.4, 0.5) is 0 Å². The lowest BCUT2D eigenvalue weighted by Crippen LogP contribution is -2.12. The van der Waals surface area contributed by atoms with E-state index in [1.807, 2.05) is 19.9 Å². The zero-order valence-electron chi connectivity index (χ0n) is 12.6. The molecule has 2 rings (SSSR count). The van der Waals surface area contributed by atoms with Crippen molar-refractivity contribution in [3.05, 3.63) is 46.8 Å². The molecule has 1 aromatic heterocycles. The second-order valence-corrected chi connectivity index (χ2v) is 4.79.